The number of hydrogen-bond donors (Lipinski definition) is 1. The number of nitro groups is 1. The monoisotopic (exact) mass is 284 g/mol. The predicted octanol–water partition coefficient (Wildman–Crippen LogP) is 3.48. The SMILES string of the molecule is CC(Nc1cc(Cl)ccc1[N+](=O)[O-])C1CCOCC1. The third-order valence-electron chi connectivity index (χ3n) is 3.51. The first-order valence-corrected chi connectivity index (χ1v) is 6.74. The van der Waals surface area contributed by atoms with E-state index in [-0.39, 0.29) is 11.7 Å². The molecule has 104 valence electrons. The van der Waals surface area contributed by atoms with E-state index in [0.717, 1.165) is 26.1 Å². The zero-order valence-corrected chi connectivity index (χ0v) is 11.5. The fourth-order valence-electron chi connectivity index (χ4n) is 2.36. The molecule has 1 heterocycles. The van der Waals surface area contributed by atoms with Gasteiger partial charge in [0.25, 0.3) is 5.69 Å². The highest BCUT2D eigenvalue weighted by Gasteiger charge is 2.23. The number of ether oxygens (including phenoxy) is 1. The van der Waals surface area contributed by atoms with E-state index in [1.165, 1.54) is 12.1 Å². The van der Waals surface area contributed by atoms with E-state index in [1.807, 2.05) is 6.92 Å². The Balaban J connectivity index is 2.12. The average Bonchev–Trinajstić information content (AvgIpc) is 2.39. The van der Waals surface area contributed by atoms with Gasteiger partial charge in [-0.1, -0.05) is 11.6 Å². The molecule has 0 aliphatic carbocycles. The second-order valence-corrected chi connectivity index (χ2v) is 5.24. The topological polar surface area (TPSA) is 64.4 Å². The highest BCUT2D eigenvalue weighted by Crippen LogP contribution is 2.30. The van der Waals surface area contributed by atoms with Crippen molar-refractivity contribution >= 4 is 23.0 Å². The predicted molar refractivity (Wildman–Crippen MR) is 74.7 cm³/mol. The van der Waals surface area contributed by atoms with Crippen LogP contribution in [0.4, 0.5) is 11.4 Å². The Morgan fingerprint density at radius 1 is 1.47 bits per heavy atom. The van der Waals surface area contributed by atoms with Gasteiger partial charge >= 0.3 is 0 Å². The van der Waals surface area contributed by atoms with Crippen LogP contribution in [0.5, 0.6) is 0 Å². The molecule has 1 aromatic carbocycles. The molecule has 1 N–H and O–H groups in total. The standard InChI is InChI=1S/C13H17ClN2O3/c1-9(10-4-6-19-7-5-10)15-12-8-11(14)2-3-13(12)16(17)18/h2-3,8-10,15H,4-7H2,1H3. The summed E-state index contributed by atoms with van der Waals surface area (Å²) in [5.41, 5.74) is 0.541. The molecule has 0 radical (unpaired) electrons. The van der Waals surface area contributed by atoms with Crippen LogP contribution in [-0.4, -0.2) is 24.2 Å². The fourth-order valence-corrected chi connectivity index (χ4v) is 2.53. The van der Waals surface area contributed by atoms with Crippen LogP contribution in [0.3, 0.4) is 0 Å². The summed E-state index contributed by atoms with van der Waals surface area (Å²) in [5.74, 6) is 0.465. The molecule has 0 saturated carbocycles. The second kappa shape index (κ2) is 6.21. The summed E-state index contributed by atoms with van der Waals surface area (Å²) in [5, 5.41) is 14.7. The molecule has 1 saturated heterocycles. The Hall–Kier alpha value is -1.33. The molecular weight excluding hydrogens is 268 g/mol. The molecule has 1 aliphatic rings. The molecule has 2 rings (SSSR count). The molecule has 6 heteroatoms. The average molecular weight is 285 g/mol. The third kappa shape index (κ3) is 3.58. The largest absolute Gasteiger partial charge is 0.381 e. The van der Waals surface area contributed by atoms with Gasteiger partial charge in [-0.2, -0.15) is 0 Å². The van der Waals surface area contributed by atoms with Crippen LogP contribution in [0.15, 0.2) is 18.2 Å². The summed E-state index contributed by atoms with van der Waals surface area (Å²) in [6.45, 7) is 3.56. The van der Waals surface area contributed by atoms with Crippen LogP contribution in [-0.2, 0) is 4.74 Å². The van der Waals surface area contributed by atoms with E-state index < -0.39 is 4.92 Å². The molecule has 0 aromatic heterocycles. The normalized spacial score (nSPS) is 18.0. The number of nitrogens with zero attached hydrogens (tertiary/aromatic N) is 1. The lowest BCUT2D eigenvalue weighted by molar-refractivity contribution is -0.384. The van der Waals surface area contributed by atoms with Crippen molar-refractivity contribution in [1.82, 2.24) is 0 Å². The maximum absolute atomic E-state index is 11.0. The van der Waals surface area contributed by atoms with Gasteiger partial charge in [0, 0.05) is 30.3 Å². The van der Waals surface area contributed by atoms with Crippen molar-refractivity contribution in [3.63, 3.8) is 0 Å². The molecular formula is C13H17ClN2O3. The van der Waals surface area contributed by atoms with Crippen LogP contribution >= 0.6 is 11.6 Å². The Morgan fingerprint density at radius 3 is 2.79 bits per heavy atom. The minimum atomic E-state index is -0.393. The van der Waals surface area contributed by atoms with E-state index in [4.69, 9.17) is 16.3 Å². The molecule has 5 nitrogen and oxygen atoms in total. The molecule has 1 unspecified atom stereocenters. The quantitative estimate of drug-likeness (QED) is 0.679. The smallest absolute Gasteiger partial charge is 0.292 e. The van der Waals surface area contributed by atoms with Crippen molar-refractivity contribution in [2.24, 2.45) is 5.92 Å². The number of rotatable bonds is 4. The van der Waals surface area contributed by atoms with Crippen molar-refractivity contribution in [3.8, 4) is 0 Å². The fraction of sp³-hybridized carbons (Fsp3) is 0.538. The minimum absolute atomic E-state index is 0.0586. The Bertz CT molecular complexity index is 461. The Labute approximate surface area is 117 Å². The van der Waals surface area contributed by atoms with Crippen molar-refractivity contribution in [3.05, 3.63) is 33.3 Å². The molecule has 1 aliphatic heterocycles. The Morgan fingerprint density at radius 2 is 2.16 bits per heavy atom. The lowest BCUT2D eigenvalue weighted by atomic mass is 9.93. The van der Waals surface area contributed by atoms with Crippen molar-refractivity contribution in [2.45, 2.75) is 25.8 Å². The van der Waals surface area contributed by atoms with E-state index >= 15 is 0 Å². The lowest BCUT2D eigenvalue weighted by Crippen LogP contribution is -2.31. The number of anilines is 1. The van der Waals surface area contributed by atoms with Crippen LogP contribution in [0.25, 0.3) is 0 Å². The first kappa shape index (κ1) is 14.1. The number of nitrogens with one attached hydrogen (secondary N) is 1. The zero-order chi connectivity index (χ0) is 13.8. The maximum atomic E-state index is 11.0. The molecule has 0 amide bonds. The molecule has 0 spiro atoms. The van der Waals surface area contributed by atoms with Crippen LogP contribution in [0, 0.1) is 16.0 Å². The van der Waals surface area contributed by atoms with Gasteiger partial charge in [-0.3, -0.25) is 10.1 Å². The highest BCUT2D eigenvalue weighted by molar-refractivity contribution is 6.31. The van der Waals surface area contributed by atoms with Crippen LogP contribution in [0.2, 0.25) is 5.02 Å². The van der Waals surface area contributed by atoms with Gasteiger partial charge in [-0.25, -0.2) is 0 Å². The van der Waals surface area contributed by atoms with Gasteiger partial charge in [-0.05, 0) is 37.8 Å². The summed E-state index contributed by atoms with van der Waals surface area (Å²) in [6.07, 6.45) is 1.95. The molecule has 1 atom stereocenters. The van der Waals surface area contributed by atoms with Crippen LogP contribution < -0.4 is 5.32 Å². The number of benzene rings is 1. The lowest BCUT2D eigenvalue weighted by Gasteiger charge is -2.28. The first-order chi connectivity index (χ1) is 9.08. The van der Waals surface area contributed by atoms with E-state index in [0.29, 0.717) is 16.6 Å². The zero-order valence-electron chi connectivity index (χ0n) is 10.8. The van der Waals surface area contributed by atoms with Gasteiger partial charge in [-0.15, -0.1) is 0 Å². The molecule has 19 heavy (non-hydrogen) atoms. The molecule has 1 aromatic rings. The summed E-state index contributed by atoms with van der Waals surface area (Å²) in [7, 11) is 0. The maximum Gasteiger partial charge on any atom is 0.292 e. The Kier molecular flexibility index (Phi) is 4.61. The first-order valence-electron chi connectivity index (χ1n) is 6.36. The van der Waals surface area contributed by atoms with Crippen LogP contribution in [0.1, 0.15) is 19.8 Å². The summed E-state index contributed by atoms with van der Waals surface area (Å²) >= 11 is 5.91. The van der Waals surface area contributed by atoms with E-state index in [9.17, 15) is 10.1 Å². The van der Waals surface area contributed by atoms with E-state index in [1.54, 1.807) is 6.07 Å². The molecule has 0 bridgehead atoms. The molecule has 1 fully saturated rings. The van der Waals surface area contributed by atoms with Gasteiger partial charge in [0.15, 0.2) is 0 Å². The van der Waals surface area contributed by atoms with Gasteiger partial charge < -0.3 is 10.1 Å². The van der Waals surface area contributed by atoms with Gasteiger partial charge in [0.05, 0.1) is 4.92 Å². The van der Waals surface area contributed by atoms with E-state index in [2.05, 4.69) is 5.32 Å². The summed E-state index contributed by atoms with van der Waals surface area (Å²) in [6, 6.07) is 4.72. The van der Waals surface area contributed by atoms with Crippen molar-refractivity contribution < 1.29 is 9.66 Å². The van der Waals surface area contributed by atoms with Gasteiger partial charge in [0.2, 0.25) is 0 Å². The van der Waals surface area contributed by atoms with Gasteiger partial charge in [0.1, 0.15) is 5.69 Å². The summed E-state index contributed by atoms with van der Waals surface area (Å²) in [4.78, 5) is 10.6. The third-order valence-corrected chi connectivity index (χ3v) is 3.75. The second-order valence-electron chi connectivity index (χ2n) is 4.80. The van der Waals surface area contributed by atoms with Crippen molar-refractivity contribution in [2.75, 3.05) is 18.5 Å². The summed E-state index contributed by atoms with van der Waals surface area (Å²) < 4.78 is 5.32. The number of nitro benzene ring substituents is 1. The highest BCUT2D eigenvalue weighted by atomic mass is 35.5. The number of hydrogen-bond acceptors (Lipinski definition) is 4. The minimum Gasteiger partial charge on any atom is -0.381 e. The van der Waals surface area contributed by atoms with Crippen molar-refractivity contribution in [1.29, 1.82) is 0 Å². The number of halogens is 1.